The Labute approximate surface area is 99.7 Å². The summed E-state index contributed by atoms with van der Waals surface area (Å²) in [4.78, 5) is 27.7. The van der Waals surface area contributed by atoms with Crippen LogP contribution in [0.1, 0.15) is 40.6 Å². The minimum atomic E-state index is -0.209. The van der Waals surface area contributed by atoms with E-state index in [0.717, 1.165) is 12.8 Å². The number of aromatic nitrogens is 1. The molecule has 1 aromatic rings. The molecule has 4 nitrogen and oxygen atoms in total. The largest absolute Gasteiger partial charge is 0.382 e. The van der Waals surface area contributed by atoms with Crippen molar-refractivity contribution in [1.82, 2.24) is 10.3 Å². The number of rotatable bonds is 4. The van der Waals surface area contributed by atoms with Crippen molar-refractivity contribution in [2.45, 2.75) is 19.8 Å². The van der Waals surface area contributed by atoms with Gasteiger partial charge in [0.25, 0.3) is 0 Å². The van der Waals surface area contributed by atoms with Gasteiger partial charge in [0.05, 0.1) is 11.3 Å². The van der Waals surface area contributed by atoms with Gasteiger partial charge >= 0.3 is 0 Å². The smallest absolute Gasteiger partial charge is 0.211 e. The summed E-state index contributed by atoms with van der Waals surface area (Å²) in [7, 11) is 0. The highest BCUT2D eigenvalue weighted by Crippen LogP contribution is 2.17. The molecule has 0 unspecified atom stereocenters. The highest BCUT2D eigenvalue weighted by Gasteiger charge is 2.25. The van der Waals surface area contributed by atoms with Gasteiger partial charge < -0.3 is 5.32 Å². The van der Waals surface area contributed by atoms with Crippen LogP contribution in [0.2, 0.25) is 0 Å². The Morgan fingerprint density at radius 3 is 2.94 bits per heavy atom. The van der Waals surface area contributed by atoms with E-state index in [2.05, 4.69) is 17.2 Å². The predicted octanol–water partition coefficient (Wildman–Crippen LogP) is 1.73. The number of hydrogen-bond acceptors (Lipinski definition) is 4. The van der Waals surface area contributed by atoms with Crippen LogP contribution in [0, 0.1) is 0 Å². The van der Waals surface area contributed by atoms with Crippen LogP contribution in [0.3, 0.4) is 0 Å². The van der Waals surface area contributed by atoms with Gasteiger partial charge in [-0.1, -0.05) is 13.3 Å². The van der Waals surface area contributed by atoms with Crippen LogP contribution in [-0.4, -0.2) is 23.1 Å². The molecule has 0 aliphatic heterocycles. The quantitative estimate of drug-likeness (QED) is 0.800. The van der Waals surface area contributed by atoms with E-state index in [1.54, 1.807) is 12.1 Å². The summed E-state index contributed by atoms with van der Waals surface area (Å²) < 4.78 is 0. The van der Waals surface area contributed by atoms with E-state index in [0.29, 0.717) is 17.8 Å². The number of fused-ring (bicyclic) bond motifs is 1. The van der Waals surface area contributed by atoms with Crippen molar-refractivity contribution in [3.05, 3.63) is 41.4 Å². The first kappa shape index (κ1) is 11.5. The van der Waals surface area contributed by atoms with E-state index in [1.165, 1.54) is 12.3 Å². The van der Waals surface area contributed by atoms with Crippen molar-refractivity contribution < 1.29 is 9.59 Å². The van der Waals surface area contributed by atoms with Crippen LogP contribution in [0.25, 0.3) is 0 Å². The summed E-state index contributed by atoms with van der Waals surface area (Å²) in [5.41, 5.74) is 1.02. The monoisotopic (exact) mass is 230 g/mol. The van der Waals surface area contributed by atoms with Gasteiger partial charge in [-0.25, -0.2) is 0 Å². The fraction of sp³-hybridized carbons (Fsp3) is 0.308. The van der Waals surface area contributed by atoms with Gasteiger partial charge in [-0.15, -0.1) is 0 Å². The number of unbranched alkanes of at least 4 members (excludes halogenated alkanes) is 1. The van der Waals surface area contributed by atoms with E-state index in [4.69, 9.17) is 0 Å². The highest BCUT2D eigenvalue weighted by atomic mass is 16.1. The molecular weight excluding hydrogens is 216 g/mol. The third-order valence-electron chi connectivity index (χ3n) is 2.65. The van der Waals surface area contributed by atoms with E-state index in [-0.39, 0.29) is 17.3 Å². The Balaban J connectivity index is 2.23. The summed E-state index contributed by atoms with van der Waals surface area (Å²) in [5, 5.41) is 3.01. The maximum Gasteiger partial charge on any atom is 0.211 e. The molecule has 0 saturated heterocycles. The number of nitrogens with one attached hydrogen (secondary N) is 1. The first-order valence-corrected chi connectivity index (χ1v) is 5.73. The van der Waals surface area contributed by atoms with Crippen molar-refractivity contribution in [2.24, 2.45) is 0 Å². The molecule has 0 amide bonds. The third kappa shape index (κ3) is 2.25. The van der Waals surface area contributed by atoms with Crippen molar-refractivity contribution in [1.29, 1.82) is 0 Å². The standard InChI is InChI=1S/C13H14N2O2/c1-2-3-6-14-10-8-11(16)12-9(13(10)17)5-4-7-15-12/h4-5,7-8,14H,2-3,6H2,1H3. The topological polar surface area (TPSA) is 59.1 Å². The van der Waals surface area contributed by atoms with Gasteiger partial charge in [0.1, 0.15) is 5.69 Å². The Hall–Kier alpha value is -1.97. The van der Waals surface area contributed by atoms with Crippen LogP contribution < -0.4 is 5.32 Å². The lowest BCUT2D eigenvalue weighted by molar-refractivity contribution is 0.0975. The molecule has 0 bridgehead atoms. The molecule has 0 spiro atoms. The average molecular weight is 230 g/mol. The molecule has 0 radical (unpaired) electrons. The molecule has 0 saturated carbocycles. The van der Waals surface area contributed by atoms with E-state index < -0.39 is 0 Å². The van der Waals surface area contributed by atoms with Gasteiger partial charge in [-0.05, 0) is 18.6 Å². The molecule has 2 rings (SSSR count). The van der Waals surface area contributed by atoms with Gasteiger partial charge in [0, 0.05) is 18.8 Å². The zero-order chi connectivity index (χ0) is 12.3. The number of allylic oxidation sites excluding steroid dienone is 2. The molecule has 1 aliphatic carbocycles. The van der Waals surface area contributed by atoms with Gasteiger partial charge in [-0.3, -0.25) is 14.6 Å². The van der Waals surface area contributed by atoms with Crippen molar-refractivity contribution in [3.8, 4) is 0 Å². The summed E-state index contributed by atoms with van der Waals surface area (Å²) in [6, 6.07) is 3.30. The average Bonchev–Trinajstić information content (AvgIpc) is 2.36. The first-order chi connectivity index (χ1) is 8.24. The molecule has 1 heterocycles. The molecule has 17 heavy (non-hydrogen) atoms. The van der Waals surface area contributed by atoms with Crippen LogP contribution in [0.15, 0.2) is 30.1 Å². The number of ketones is 2. The molecule has 1 N–H and O–H groups in total. The second-order valence-electron chi connectivity index (χ2n) is 3.93. The number of Topliss-reactive ketones (excluding diaryl/α,β-unsaturated/α-hetero) is 1. The Morgan fingerprint density at radius 2 is 2.18 bits per heavy atom. The predicted molar refractivity (Wildman–Crippen MR) is 63.9 cm³/mol. The second-order valence-corrected chi connectivity index (χ2v) is 3.93. The van der Waals surface area contributed by atoms with Crippen molar-refractivity contribution >= 4 is 11.6 Å². The van der Waals surface area contributed by atoms with Crippen molar-refractivity contribution in [2.75, 3.05) is 6.54 Å². The maximum absolute atomic E-state index is 12.0. The van der Waals surface area contributed by atoms with Crippen LogP contribution in [0.5, 0.6) is 0 Å². The molecule has 88 valence electrons. The minimum absolute atomic E-state index is 0.149. The maximum atomic E-state index is 12.0. The molecule has 0 fully saturated rings. The Bertz CT molecular complexity index is 492. The van der Waals surface area contributed by atoms with Crippen molar-refractivity contribution in [3.63, 3.8) is 0 Å². The fourth-order valence-electron chi connectivity index (χ4n) is 1.73. The number of nitrogens with zero attached hydrogens (tertiary/aromatic N) is 1. The molecule has 1 aromatic heterocycles. The first-order valence-electron chi connectivity index (χ1n) is 5.73. The number of carbonyl (C=O) groups excluding carboxylic acids is 2. The van der Waals surface area contributed by atoms with Crippen LogP contribution in [-0.2, 0) is 0 Å². The lowest BCUT2D eigenvalue weighted by atomic mass is 9.97. The summed E-state index contributed by atoms with van der Waals surface area (Å²) in [6.45, 7) is 2.78. The van der Waals surface area contributed by atoms with E-state index in [1.807, 2.05) is 0 Å². The zero-order valence-electron chi connectivity index (χ0n) is 9.69. The second kappa shape index (κ2) is 4.91. The fourth-order valence-corrected chi connectivity index (χ4v) is 1.73. The minimum Gasteiger partial charge on any atom is -0.382 e. The summed E-state index contributed by atoms with van der Waals surface area (Å²) >= 11 is 0. The summed E-state index contributed by atoms with van der Waals surface area (Å²) in [5.74, 6) is -0.358. The van der Waals surface area contributed by atoms with Crippen LogP contribution in [0.4, 0.5) is 0 Å². The van der Waals surface area contributed by atoms with E-state index in [9.17, 15) is 9.59 Å². The number of hydrogen-bond donors (Lipinski definition) is 1. The highest BCUT2D eigenvalue weighted by molar-refractivity contribution is 6.23. The van der Waals surface area contributed by atoms with Gasteiger partial charge in [0.2, 0.25) is 11.6 Å². The van der Waals surface area contributed by atoms with E-state index >= 15 is 0 Å². The van der Waals surface area contributed by atoms with Gasteiger partial charge in [0.15, 0.2) is 0 Å². The normalized spacial score (nSPS) is 14.3. The molecular formula is C13H14N2O2. The molecule has 4 heteroatoms. The molecule has 0 aromatic carbocycles. The lowest BCUT2D eigenvalue weighted by Gasteiger charge is -2.15. The number of pyridine rings is 1. The zero-order valence-corrected chi connectivity index (χ0v) is 9.69. The lowest BCUT2D eigenvalue weighted by Crippen LogP contribution is -2.28. The molecule has 0 atom stereocenters. The number of carbonyl (C=O) groups is 2. The Morgan fingerprint density at radius 1 is 1.35 bits per heavy atom. The van der Waals surface area contributed by atoms with Crippen LogP contribution >= 0.6 is 0 Å². The third-order valence-corrected chi connectivity index (χ3v) is 2.65. The Kier molecular flexibility index (Phi) is 3.32. The summed E-state index contributed by atoms with van der Waals surface area (Å²) in [6.07, 6.45) is 4.87. The molecule has 1 aliphatic rings. The SMILES string of the molecule is CCCCNC1=CC(=O)c2ncccc2C1=O. The van der Waals surface area contributed by atoms with Gasteiger partial charge in [-0.2, -0.15) is 0 Å².